The van der Waals surface area contributed by atoms with Crippen molar-refractivity contribution in [2.75, 3.05) is 13.6 Å². The molecule has 0 unspecified atom stereocenters. The number of carbonyl (C=O) groups is 1. The monoisotopic (exact) mass is 367 g/mol. The Bertz CT molecular complexity index is 601. The fourth-order valence-corrected chi connectivity index (χ4v) is 3.50. The summed E-state index contributed by atoms with van der Waals surface area (Å²) in [6.45, 7) is 4.19. The molecular formula is C12H15BrClNO3S. The van der Waals surface area contributed by atoms with Crippen LogP contribution < -0.4 is 0 Å². The summed E-state index contributed by atoms with van der Waals surface area (Å²) in [5, 5.41) is 0. The smallest absolute Gasteiger partial charge is 0.261 e. The summed E-state index contributed by atoms with van der Waals surface area (Å²) < 4.78 is 23.5. The van der Waals surface area contributed by atoms with Crippen molar-refractivity contribution in [2.45, 2.75) is 25.2 Å². The number of carbonyl (C=O) groups excluding carboxylic acids is 1. The Balaban J connectivity index is 3.33. The average Bonchev–Trinajstić information content (AvgIpc) is 2.30. The van der Waals surface area contributed by atoms with Crippen LogP contribution in [-0.2, 0) is 9.05 Å². The van der Waals surface area contributed by atoms with Crippen molar-refractivity contribution in [3.8, 4) is 0 Å². The van der Waals surface area contributed by atoms with Gasteiger partial charge in [0.1, 0.15) is 0 Å². The summed E-state index contributed by atoms with van der Waals surface area (Å²) >= 11 is 3.25. The molecule has 0 aromatic heterocycles. The van der Waals surface area contributed by atoms with Gasteiger partial charge in [-0.1, -0.05) is 22.9 Å². The van der Waals surface area contributed by atoms with E-state index in [4.69, 9.17) is 10.7 Å². The normalized spacial score (nSPS) is 11.4. The van der Waals surface area contributed by atoms with Gasteiger partial charge in [0.05, 0.1) is 4.90 Å². The molecule has 0 N–H and O–H groups in total. The number of amides is 1. The Hall–Kier alpha value is -0.590. The topological polar surface area (TPSA) is 54.5 Å². The fourth-order valence-electron chi connectivity index (χ4n) is 1.69. The number of rotatable bonds is 4. The zero-order chi connectivity index (χ0) is 14.8. The van der Waals surface area contributed by atoms with Gasteiger partial charge in [-0.3, -0.25) is 4.79 Å². The lowest BCUT2D eigenvalue weighted by molar-refractivity contribution is 0.0795. The minimum atomic E-state index is -3.88. The standard InChI is InChI=1S/C12H15BrClNO3S/c1-4-5-15(3)12(16)9-6-10(13)8(2)11(7-9)19(14,17)18/h6-7H,4-5H2,1-3H3. The zero-order valence-corrected chi connectivity index (χ0v) is 14.1. The molecular weight excluding hydrogens is 354 g/mol. The Morgan fingerprint density at radius 1 is 1.42 bits per heavy atom. The second kappa shape index (κ2) is 6.24. The maximum absolute atomic E-state index is 12.1. The highest BCUT2D eigenvalue weighted by molar-refractivity contribution is 9.10. The molecule has 0 aliphatic rings. The van der Waals surface area contributed by atoms with Crippen molar-refractivity contribution < 1.29 is 13.2 Å². The van der Waals surface area contributed by atoms with E-state index in [1.807, 2.05) is 6.92 Å². The minimum Gasteiger partial charge on any atom is -0.342 e. The largest absolute Gasteiger partial charge is 0.342 e. The number of hydrogen-bond donors (Lipinski definition) is 0. The molecule has 1 rings (SSSR count). The molecule has 0 radical (unpaired) electrons. The van der Waals surface area contributed by atoms with E-state index in [-0.39, 0.29) is 10.8 Å². The lowest BCUT2D eigenvalue weighted by Gasteiger charge is -2.17. The van der Waals surface area contributed by atoms with Crippen LogP contribution in [0.25, 0.3) is 0 Å². The molecule has 7 heteroatoms. The first-order valence-corrected chi connectivity index (χ1v) is 8.79. The second-order valence-corrected chi connectivity index (χ2v) is 7.63. The third-order valence-corrected chi connectivity index (χ3v) is 4.98. The van der Waals surface area contributed by atoms with Crippen LogP contribution >= 0.6 is 26.6 Å². The maximum Gasteiger partial charge on any atom is 0.261 e. The van der Waals surface area contributed by atoms with Crippen LogP contribution in [-0.4, -0.2) is 32.8 Å². The summed E-state index contributed by atoms with van der Waals surface area (Å²) in [4.78, 5) is 13.6. The average molecular weight is 369 g/mol. The van der Waals surface area contributed by atoms with Crippen molar-refractivity contribution in [2.24, 2.45) is 0 Å². The highest BCUT2D eigenvalue weighted by Crippen LogP contribution is 2.28. The van der Waals surface area contributed by atoms with Crippen LogP contribution in [0.1, 0.15) is 29.3 Å². The maximum atomic E-state index is 12.1. The third kappa shape index (κ3) is 3.94. The van der Waals surface area contributed by atoms with E-state index in [9.17, 15) is 13.2 Å². The van der Waals surface area contributed by atoms with Crippen LogP contribution in [0.4, 0.5) is 0 Å². The van der Waals surface area contributed by atoms with Crippen molar-refractivity contribution in [1.29, 1.82) is 0 Å². The Morgan fingerprint density at radius 3 is 2.47 bits per heavy atom. The van der Waals surface area contributed by atoms with Gasteiger partial charge in [0.15, 0.2) is 0 Å². The third-order valence-electron chi connectivity index (χ3n) is 2.71. The van der Waals surface area contributed by atoms with Crippen molar-refractivity contribution >= 4 is 41.6 Å². The Kier molecular flexibility index (Phi) is 5.41. The van der Waals surface area contributed by atoms with E-state index >= 15 is 0 Å². The van der Waals surface area contributed by atoms with Crippen LogP contribution in [0.2, 0.25) is 0 Å². The summed E-state index contributed by atoms with van der Waals surface area (Å²) in [5.74, 6) is -0.232. The molecule has 0 saturated carbocycles. The van der Waals surface area contributed by atoms with Crippen LogP contribution in [0.3, 0.4) is 0 Å². The predicted octanol–water partition coefficient (Wildman–Crippen LogP) is 3.17. The molecule has 0 aliphatic carbocycles. The summed E-state index contributed by atoms with van der Waals surface area (Å²) in [6, 6.07) is 2.92. The number of benzene rings is 1. The van der Waals surface area contributed by atoms with Gasteiger partial charge in [-0.2, -0.15) is 0 Å². The Morgan fingerprint density at radius 2 is 2.00 bits per heavy atom. The first-order chi connectivity index (χ1) is 8.68. The van der Waals surface area contributed by atoms with Gasteiger partial charge in [0.2, 0.25) is 0 Å². The molecule has 0 saturated heterocycles. The molecule has 0 bridgehead atoms. The number of hydrogen-bond acceptors (Lipinski definition) is 3. The molecule has 0 spiro atoms. The van der Waals surface area contributed by atoms with Gasteiger partial charge in [-0.25, -0.2) is 8.42 Å². The molecule has 0 fully saturated rings. The molecule has 1 aromatic carbocycles. The van der Waals surface area contributed by atoms with Crippen molar-refractivity contribution in [3.05, 3.63) is 27.7 Å². The molecule has 0 heterocycles. The van der Waals surface area contributed by atoms with Gasteiger partial charge < -0.3 is 4.90 Å². The molecule has 1 aromatic rings. The summed E-state index contributed by atoms with van der Waals surface area (Å²) in [7, 11) is 3.18. The van der Waals surface area contributed by atoms with E-state index in [2.05, 4.69) is 15.9 Å². The Labute approximate surface area is 126 Å². The van der Waals surface area contributed by atoms with E-state index in [0.29, 0.717) is 22.1 Å². The van der Waals surface area contributed by atoms with Gasteiger partial charge in [0.25, 0.3) is 15.0 Å². The first kappa shape index (κ1) is 16.5. The number of halogens is 2. The molecule has 4 nitrogen and oxygen atoms in total. The van der Waals surface area contributed by atoms with Crippen LogP contribution in [0, 0.1) is 6.92 Å². The van der Waals surface area contributed by atoms with E-state index in [1.54, 1.807) is 24.9 Å². The number of nitrogens with zero attached hydrogens (tertiary/aromatic N) is 1. The second-order valence-electron chi connectivity index (χ2n) is 4.25. The minimum absolute atomic E-state index is 0.0446. The summed E-state index contributed by atoms with van der Waals surface area (Å²) in [6.07, 6.45) is 0.829. The lowest BCUT2D eigenvalue weighted by atomic mass is 10.1. The molecule has 0 aliphatic heterocycles. The molecule has 0 atom stereocenters. The molecule has 106 valence electrons. The van der Waals surface area contributed by atoms with Crippen LogP contribution in [0.5, 0.6) is 0 Å². The van der Waals surface area contributed by atoms with Gasteiger partial charge in [0, 0.05) is 34.3 Å². The quantitative estimate of drug-likeness (QED) is 0.767. The first-order valence-electron chi connectivity index (χ1n) is 5.68. The highest BCUT2D eigenvalue weighted by Gasteiger charge is 2.20. The van der Waals surface area contributed by atoms with Gasteiger partial charge in [-0.05, 0) is 31.0 Å². The lowest BCUT2D eigenvalue weighted by Crippen LogP contribution is -2.27. The predicted molar refractivity (Wildman–Crippen MR) is 79.2 cm³/mol. The van der Waals surface area contributed by atoms with Gasteiger partial charge >= 0.3 is 0 Å². The zero-order valence-electron chi connectivity index (χ0n) is 10.9. The summed E-state index contributed by atoms with van der Waals surface area (Å²) in [5.41, 5.74) is 0.789. The van der Waals surface area contributed by atoms with Crippen molar-refractivity contribution in [3.63, 3.8) is 0 Å². The SMILES string of the molecule is CCCN(C)C(=O)c1cc(Br)c(C)c(S(=O)(=O)Cl)c1. The van der Waals surface area contributed by atoms with E-state index in [1.165, 1.54) is 6.07 Å². The van der Waals surface area contributed by atoms with E-state index in [0.717, 1.165) is 6.42 Å². The van der Waals surface area contributed by atoms with E-state index < -0.39 is 9.05 Å². The van der Waals surface area contributed by atoms with Gasteiger partial charge in [-0.15, -0.1) is 0 Å². The highest BCUT2D eigenvalue weighted by atomic mass is 79.9. The van der Waals surface area contributed by atoms with Crippen molar-refractivity contribution in [1.82, 2.24) is 4.90 Å². The van der Waals surface area contributed by atoms with Crippen LogP contribution in [0.15, 0.2) is 21.5 Å². The fraction of sp³-hybridized carbons (Fsp3) is 0.417. The molecule has 19 heavy (non-hydrogen) atoms. The molecule has 1 amide bonds.